The summed E-state index contributed by atoms with van der Waals surface area (Å²) in [5, 5.41) is 5.03. The van der Waals surface area contributed by atoms with E-state index in [-0.39, 0.29) is 0 Å². The number of hydrogen-bond acceptors (Lipinski definition) is 5. The predicted octanol–water partition coefficient (Wildman–Crippen LogP) is 3.93. The molecule has 0 bridgehead atoms. The SMILES string of the molecule is Nc1cc(Cl)ccc1-c1nc(C2CCCCS2)no1. The number of thioether (sulfide) groups is 1. The summed E-state index contributed by atoms with van der Waals surface area (Å²) in [6.45, 7) is 0. The summed E-state index contributed by atoms with van der Waals surface area (Å²) in [7, 11) is 0. The number of nitrogen functional groups attached to an aromatic ring is 1. The minimum absolute atomic E-state index is 0.347. The fraction of sp³-hybridized carbons (Fsp3) is 0.385. The Morgan fingerprint density at radius 2 is 2.26 bits per heavy atom. The molecule has 0 spiro atoms. The smallest absolute Gasteiger partial charge is 0.260 e. The lowest BCUT2D eigenvalue weighted by Crippen LogP contribution is -2.03. The number of nitrogens with two attached hydrogens (primary N) is 1. The van der Waals surface area contributed by atoms with Crippen LogP contribution in [0.15, 0.2) is 22.7 Å². The Hall–Kier alpha value is -1.20. The van der Waals surface area contributed by atoms with E-state index in [1.165, 1.54) is 12.8 Å². The minimum Gasteiger partial charge on any atom is -0.398 e. The van der Waals surface area contributed by atoms with E-state index in [1.54, 1.807) is 12.1 Å². The van der Waals surface area contributed by atoms with Crippen LogP contribution in [0.25, 0.3) is 11.5 Å². The molecule has 1 atom stereocenters. The first-order valence-corrected chi connectivity index (χ1v) is 7.67. The van der Waals surface area contributed by atoms with Crippen LogP contribution in [0.5, 0.6) is 0 Å². The molecule has 1 fully saturated rings. The van der Waals surface area contributed by atoms with E-state index in [0.29, 0.717) is 21.9 Å². The van der Waals surface area contributed by atoms with Gasteiger partial charge in [0.05, 0.1) is 10.8 Å². The van der Waals surface area contributed by atoms with Gasteiger partial charge in [-0.3, -0.25) is 0 Å². The summed E-state index contributed by atoms with van der Waals surface area (Å²) in [5.41, 5.74) is 7.22. The van der Waals surface area contributed by atoms with Crippen molar-refractivity contribution in [1.82, 2.24) is 10.1 Å². The van der Waals surface area contributed by atoms with Crippen LogP contribution in [0, 0.1) is 0 Å². The van der Waals surface area contributed by atoms with Crippen molar-refractivity contribution in [2.45, 2.75) is 24.5 Å². The third-order valence-corrected chi connectivity index (χ3v) is 4.76. The van der Waals surface area contributed by atoms with Gasteiger partial charge in [0.25, 0.3) is 5.89 Å². The first-order chi connectivity index (χ1) is 9.24. The predicted molar refractivity (Wildman–Crippen MR) is 78.2 cm³/mol. The molecule has 19 heavy (non-hydrogen) atoms. The van der Waals surface area contributed by atoms with Gasteiger partial charge in [-0.1, -0.05) is 23.2 Å². The first-order valence-electron chi connectivity index (χ1n) is 6.24. The van der Waals surface area contributed by atoms with Crippen LogP contribution < -0.4 is 5.73 Å². The molecule has 4 nitrogen and oxygen atoms in total. The quantitative estimate of drug-likeness (QED) is 0.850. The molecule has 2 N–H and O–H groups in total. The second-order valence-electron chi connectivity index (χ2n) is 4.54. The highest BCUT2D eigenvalue weighted by molar-refractivity contribution is 7.99. The van der Waals surface area contributed by atoms with Crippen LogP contribution in [0.4, 0.5) is 5.69 Å². The Kier molecular flexibility index (Phi) is 3.66. The molecule has 100 valence electrons. The van der Waals surface area contributed by atoms with Gasteiger partial charge >= 0.3 is 0 Å². The largest absolute Gasteiger partial charge is 0.398 e. The van der Waals surface area contributed by atoms with Gasteiger partial charge in [0, 0.05) is 10.7 Å². The van der Waals surface area contributed by atoms with Crippen LogP contribution in [-0.2, 0) is 0 Å². The van der Waals surface area contributed by atoms with Crippen LogP contribution in [0.2, 0.25) is 5.02 Å². The van der Waals surface area contributed by atoms with Gasteiger partial charge in [-0.2, -0.15) is 16.7 Å². The van der Waals surface area contributed by atoms with E-state index < -0.39 is 0 Å². The van der Waals surface area contributed by atoms with Crippen LogP contribution in [-0.4, -0.2) is 15.9 Å². The topological polar surface area (TPSA) is 64.9 Å². The van der Waals surface area contributed by atoms with Gasteiger partial charge in [0.2, 0.25) is 0 Å². The molecule has 6 heteroatoms. The molecule has 0 saturated carbocycles. The second kappa shape index (κ2) is 5.43. The lowest BCUT2D eigenvalue weighted by atomic mass is 10.1. The molecule has 0 radical (unpaired) electrons. The number of anilines is 1. The normalized spacial score (nSPS) is 19.5. The number of rotatable bonds is 2. The average molecular weight is 296 g/mol. The van der Waals surface area contributed by atoms with Crippen molar-refractivity contribution in [2.24, 2.45) is 0 Å². The minimum atomic E-state index is 0.347. The van der Waals surface area contributed by atoms with E-state index in [0.717, 1.165) is 23.6 Å². The van der Waals surface area contributed by atoms with Gasteiger partial charge in [-0.15, -0.1) is 0 Å². The summed E-state index contributed by atoms with van der Waals surface area (Å²) >= 11 is 7.78. The van der Waals surface area contributed by atoms with Crippen molar-refractivity contribution in [1.29, 1.82) is 0 Å². The molecule has 1 saturated heterocycles. The zero-order valence-electron chi connectivity index (χ0n) is 10.3. The molecule has 1 aromatic carbocycles. The van der Waals surface area contributed by atoms with Gasteiger partial charge in [0.1, 0.15) is 0 Å². The van der Waals surface area contributed by atoms with Crippen molar-refractivity contribution >= 4 is 29.1 Å². The summed E-state index contributed by atoms with van der Waals surface area (Å²) in [5.74, 6) is 2.40. The Bertz CT molecular complexity index is 581. The second-order valence-corrected chi connectivity index (χ2v) is 6.29. The summed E-state index contributed by atoms with van der Waals surface area (Å²) < 4.78 is 5.33. The van der Waals surface area contributed by atoms with Crippen LogP contribution in [0.1, 0.15) is 30.3 Å². The third-order valence-electron chi connectivity index (χ3n) is 3.15. The lowest BCUT2D eigenvalue weighted by Gasteiger charge is -2.17. The number of nitrogens with zero attached hydrogens (tertiary/aromatic N) is 2. The summed E-state index contributed by atoms with van der Waals surface area (Å²) in [6, 6.07) is 5.27. The molecule has 0 aliphatic carbocycles. The van der Waals surface area contributed by atoms with Crippen molar-refractivity contribution in [2.75, 3.05) is 11.5 Å². The highest BCUT2D eigenvalue weighted by Gasteiger charge is 2.22. The monoisotopic (exact) mass is 295 g/mol. The molecule has 2 heterocycles. The molecule has 1 aliphatic rings. The molecule has 0 amide bonds. The Morgan fingerprint density at radius 3 is 3.00 bits per heavy atom. The number of aromatic nitrogens is 2. The maximum atomic E-state index is 5.92. The number of hydrogen-bond donors (Lipinski definition) is 1. The number of benzene rings is 1. The van der Waals surface area contributed by atoms with Gasteiger partial charge in [-0.25, -0.2) is 0 Å². The van der Waals surface area contributed by atoms with Crippen molar-refractivity contribution < 1.29 is 4.52 Å². The summed E-state index contributed by atoms with van der Waals surface area (Å²) in [6.07, 6.45) is 3.61. The Morgan fingerprint density at radius 1 is 1.37 bits per heavy atom. The van der Waals surface area contributed by atoms with E-state index in [2.05, 4.69) is 10.1 Å². The van der Waals surface area contributed by atoms with Crippen LogP contribution >= 0.6 is 23.4 Å². The fourth-order valence-corrected chi connectivity index (χ4v) is 3.56. The highest BCUT2D eigenvalue weighted by Crippen LogP contribution is 2.38. The van der Waals surface area contributed by atoms with Crippen molar-refractivity contribution in [3.8, 4) is 11.5 Å². The van der Waals surface area contributed by atoms with Crippen molar-refractivity contribution in [3.05, 3.63) is 29.0 Å². The van der Waals surface area contributed by atoms with Gasteiger partial charge in [0.15, 0.2) is 5.82 Å². The Balaban J connectivity index is 1.87. The van der Waals surface area contributed by atoms with E-state index in [9.17, 15) is 0 Å². The molecular weight excluding hydrogens is 282 g/mol. The standard InChI is InChI=1S/C13H14ClN3OS/c14-8-4-5-9(10(15)7-8)13-16-12(17-18-13)11-3-1-2-6-19-11/h4-5,7,11H,1-3,6,15H2. The molecule has 1 aromatic heterocycles. The number of halogens is 1. The molecule has 1 unspecified atom stereocenters. The van der Waals surface area contributed by atoms with E-state index in [4.69, 9.17) is 21.9 Å². The van der Waals surface area contributed by atoms with Gasteiger partial charge < -0.3 is 10.3 Å². The summed E-state index contributed by atoms with van der Waals surface area (Å²) in [4.78, 5) is 4.47. The molecule has 2 aromatic rings. The van der Waals surface area contributed by atoms with Crippen LogP contribution in [0.3, 0.4) is 0 Å². The molecule has 3 rings (SSSR count). The average Bonchev–Trinajstić information content (AvgIpc) is 2.89. The Labute approximate surface area is 120 Å². The molecular formula is C13H14ClN3OS. The molecule has 1 aliphatic heterocycles. The zero-order valence-corrected chi connectivity index (χ0v) is 11.9. The maximum absolute atomic E-state index is 5.92. The lowest BCUT2D eigenvalue weighted by molar-refractivity contribution is 0.420. The van der Waals surface area contributed by atoms with E-state index in [1.807, 2.05) is 17.8 Å². The zero-order chi connectivity index (χ0) is 13.2. The third kappa shape index (κ3) is 2.72. The van der Waals surface area contributed by atoms with Gasteiger partial charge in [-0.05, 0) is 36.8 Å². The van der Waals surface area contributed by atoms with E-state index >= 15 is 0 Å². The highest BCUT2D eigenvalue weighted by atomic mass is 35.5. The maximum Gasteiger partial charge on any atom is 0.260 e. The fourth-order valence-electron chi connectivity index (χ4n) is 2.15. The van der Waals surface area contributed by atoms with Crippen molar-refractivity contribution in [3.63, 3.8) is 0 Å². The first kappa shape index (κ1) is 12.8.